The molecule has 0 bridgehead atoms. The smallest absolute Gasteiger partial charge is 0.329 e. The number of rotatable bonds is 8. The summed E-state index contributed by atoms with van der Waals surface area (Å²) in [6, 6.07) is 7.49. The molecule has 1 rings (SSSR count). The van der Waals surface area contributed by atoms with E-state index in [0.717, 1.165) is 11.3 Å². The molecule has 1 aromatic carbocycles. The maximum absolute atomic E-state index is 12.0. The second-order valence-electron chi connectivity index (χ2n) is 4.95. The van der Waals surface area contributed by atoms with Crippen LogP contribution in [0.25, 0.3) is 0 Å². The van der Waals surface area contributed by atoms with Gasteiger partial charge in [-0.05, 0) is 30.9 Å². The summed E-state index contributed by atoms with van der Waals surface area (Å²) >= 11 is 0. The number of carbonyl (C=O) groups excluding carboxylic acids is 1. The van der Waals surface area contributed by atoms with E-state index in [0.29, 0.717) is 19.3 Å². The number of para-hydroxylation sites is 1. The molecule has 0 atom stereocenters. The van der Waals surface area contributed by atoms with Crippen molar-refractivity contribution in [3.63, 3.8) is 0 Å². The summed E-state index contributed by atoms with van der Waals surface area (Å²) in [4.78, 5) is 23.4. The number of aryl methyl sites for hydroxylation is 1. The molecule has 116 valence electrons. The predicted molar refractivity (Wildman–Crippen MR) is 80.4 cm³/mol. The second-order valence-corrected chi connectivity index (χ2v) is 4.95. The molecule has 0 saturated heterocycles. The van der Waals surface area contributed by atoms with Crippen LogP contribution in [0.15, 0.2) is 24.3 Å². The lowest BCUT2D eigenvalue weighted by Gasteiger charge is -2.28. The van der Waals surface area contributed by atoms with Crippen molar-refractivity contribution in [3.8, 4) is 5.75 Å². The highest BCUT2D eigenvalue weighted by molar-refractivity contribution is 5.87. The molecule has 0 aromatic heterocycles. The van der Waals surface area contributed by atoms with Crippen LogP contribution >= 0.6 is 0 Å². The first-order valence-electron chi connectivity index (χ1n) is 7.15. The number of hydrogen-bond acceptors (Lipinski definition) is 3. The van der Waals surface area contributed by atoms with E-state index in [1.54, 1.807) is 21.0 Å². The highest BCUT2D eigenvalue weighted by atomic mass is 16.5. The molecule has 1 aromatic rings. The highest BCUT2D eigenvalue weighted by Gasteiger charge is 2.36. The molecule has 0 aliphatic rings. The Bertz CT molecular complexity index is 495. The third-order valence-corrected chi connectivity index (χ3v) is 3.81. The molecular weight excluding hydrogens is 270 g/mol. The summed E-state index contributed by atoms with van der Waals surface area (Å²) in [6.07, 6.45) is 1.47. The molecule has 21 heavy (non-hydrogen) atoms. The van der Waals surface area contributed by atoms with Crippen molar-refractivity contribution in [1.29, 1.82) is 0 Å². The van der Waals surface area contributed by atoms with Crippen molar-refractivity contribution >= 4 is 11.9 Å². The summed E-state index contributed by atoms with van der Waals surface area (Å²) in [7, 11) is 1.59. The lowest BCUT2D eigenvalue weighted by molar-refractivity contribution is -0.148. The Morgan fingerprint density at radius 2 is 1.86 bits per heavy atom. The number of aliphatic carboxylic acids is 1. The Morgan fingerprint density at radius 1 is 1.24 bits per heavy atom. The minimum absolute atomic E-state index is 0.232. The molecule has 0 aliphatic heterocycles. The summed E-state index contributed by atoms with van der Waals surface area (Å²) in [5.41, 5.74) is -0.234. The Labute approximate surface area is 125 Å². The van der Waals surface area contributed by atoms with Crippen LogP contribution in [0.3, 0.4) is 0 Å². The summed E-state index contributed by atoms with van der Waals surface area (Å²) in [5.74, 6) is -0.508. The number of ether oxygens (including phenoxy) is 1. The zero-order valence-corrected chi connectivity index (χ0v) is 12.8. The van der Waals surface area contributed by atoms with Gasteiger partial charge in [0.25, 0.3) is 0 Å². The van der Waals surface area contributed by atoms with E-state index >= 15 is 0 Å². The number of amides is 1. The van der Waals surface area contributed by atoms with E-state index in [-0.39, 0.29) is 12.3 Å². The van der Waals surface area contributed by atoms with Gasteiger partial charge in [-0.3, -0.25) is 4.79 Å². The maximum atomic E-state index is 12.0. The van der Waals surface area contributed by atoms with Gasteiger partial charge >= 0.3 is 5.97 Å². The molecule has 0 fully saturated rings. The van der Waals surface area contributed by atoms with Crippen molar-refractivity contribution in [3.05, 3.63) is 29.8 Å². The Balaban J connectivity index is 2.67. The second kappa shape index (κ2) is 7.67. The van der Waals surface area contributed by atoms with E-state index in [4.69, 9.17) is 4.74 Å². The quantitative estimate of drug-likeness (QED) is 0.771. The van der Waals surface area contributed by atoms with Crippen molar-refractivity contribution in [2.45, 2.75) is 45.1 Å². The number of nitrogens with one attached hydrogen (secondary N) is 1. The zero-order chi connectivity index (χ0) is 15.9. The molecule has 0 heterocycles. The number of carbonyl (C=O) groups is 2. The van der Waals surface area contributed by atoms with Crippen LogP contribution < -0.4 is 10.1 Å². The lowest BCUT2D eigenvalue weighted by atomic mass is 9.92. The standard InChI is InChI=1S/C16H23NO4/c1-4-16(5-2,15(19)20)17-14(18)11-10-12-8-6-7-9-13(12)21-3/h6-9H,4-5,10-11H2,1-3H3,(H,17,18)(H,19,20). The van der Waals surface area contributed by atoms with Crippen LogP contribution in [0.2, 0.25) is 0 Å². The van der Waals surface area contributed by atoms with E-state index < -0.39 is 11.5 Å². The van der Waals surface area contributed by atoms with Crippen molar-refractivity contribution in [2.75, 3.05) is 7.11 Å². The molecule has 0 saturated carbocycles. The fourth-order valence-electron chi connectivity index (χ4n) is 2.27. The summed E-state index contributed by atoms with van der Waals surface area (Å²) < 4.78 is 5.23. The zero-order valence-electron chi connectivity index (χ0n) is 12.8. The molecular formula is C16H23NO4. The number of carboxylic acid groups (broad SMARTS) is 1. The predicted octanol–water partition coefficient (Wildman–Crippen LogP) is 2.39. The van der Waals surface area contributed by atoms with Gasteiger partial charge in [-0.2, -0.15) is 0 Å². The van der Waals surface area contributed by atoms with Gasteiger partial charge in [0.1, 0.15) is 11.3 Å². The molecule has 0 unspecified atom stereocenters. The third kappa shape index (κ3) is 4.21. The SMILES string of the molecule is CCC(CC)(NC(=O)CCc1ccccc1OC)C(=O)O. The lowest BCUT2D eigenvalue weighted by Crippen LogP contribution is -2.53. The topological polar surface area (TPSA) is 75.6 Å². The van der Waals surface area contributed by atoms with Crippen LogP contribution in [0.4, 0.5) is 0 Å². The fraction of sp³-hybridized carbons (Fsp3) is 0.500. The summed E-state index contributed by atoms with van der Waals surface area (Å²) in [5, 5.41) is 12.0. The van der Waals surface area contributed by atoms with Gasteiger partial charge in [0.05, 0.1) is 7.11 Å². The average molecular weight is 293 g/mol. The molecule has 0 spiro atoms. The van der Waals surface area contributed by atoms with Crippen LogP contribution in [0, 0.1) is 0 Å². The van der Waals surface area contributed by atoms with Gasteiger partial charge in [0, 0.05) is 6.42 Å². The van der Waals surface area contributed by atoms with Gasteiger partial charge in [-0.15, -0.1) is 0 Å². The molecule has 5 nitrogen and oxygen atoms in total. The van der Waals surface area contributed by atoms with Gasteiger partial charge in [0.2, 0.25) is 5.91 Å². The van der Waals surface area contributed by atoms with E-state index in [1.165, 1.54) is 0 Å². The number of hydrogen-bond donors (Lipinski definition) is 2. The number of carboxylic acids is 1. The van der Waals surface area contributed by atoms with Gasteiger partial charge in [-0.1, -0.05) is 32.0 Å². The van der Waals surface area contributed by atoms with Crippen molar-refractivity contribution in [2.24, 2.45) is 0 Å². The molecule has 5 heteroatoms. The largest absolute Gasteiger partial charge is 0.496 e. The van der Waals surface area contributed by atoms with E-state index in [2.05, 4.69) is 5.32 Å². The van der Waals surface area contributed by atoms with Gasteiger partial charge in [-0.25, -0.2) is 4.79 Å². The van der Waals surface area contributed by atoms with Gasteiger partial charge in [0.15, 0.2) is 0 Å². The van der Waals surface area contributed by atoms with E-state index in [9.17, 15) is 14.7 Å². The van der Waals surface area contributed by atoms with Crippen LogP contribution in [0.1, 0.15) is 38.7 Å². The maximum Gasteiger partial charge on any atom is 0.329 e. The highest BCUT2D eigenvalue weighted by Crippen LogP contribution is 2.20. The van der Waals surface area contributed by atoms with Crippen molar-refractivity contribution < 1.29 is 19.4 Å². The first kappa shape index (κ1) is 17.0. The first-order valence-corrected chi connectivity index (χ1v) is 7.15. The fourth-order valence-corrected chi connectivity index (χ4v) is 2.27. The molecule has 0 radical (unpaired) electrons. The number of benzene rings is 1. The van der Waals surface area contributed by atoms with Crippen LogP contribution in [-0.2, 0) is 16.0 Å². The van der Waals surface area contributed by atoms with Crippen LogP contribution in [0.5, 0.6) is 5.75 Å². The minimum Gasteiger partial charge on any atom is -0.496 e. The van der Waals surface area contributed by atoms with Crippen LogP contribution in [-0.4, -0.2) is 29.6 Å². The Hall–Kier alpha value is -2.04. The monoisotopic (exact) mass is 293 g/mol. The summed E-state index contributed by atoms with van der Waals surface area (Å²) in [6.45, 7) is 3.52. The van der Waals surface area contributed by atoms with Gasteiger partial charge < -0.3 is 15.2 Å². The Morgan fingerprint density at radius 3 is 2.38 bits per heavy atom. The third-order valence-electron chi connectivity index (χ3n) is 3.81. The van der Waals surface area contributed by atoms with E-state index in [1.807, 2.05) is 24.3 Å². The Kier molecular flexibility index (Phi) is 6.21. The number of methoxy groups -OCH3 is 1. The average Bonchev–Trinajstić information content (AvgIpc) is 2.50. The molecule has 2 N–H and O–H groups in total. The first-order chi connectivity index (χ1) is 9.99. The molecule has 1 amide bonds. The normalized spacial score (nSPS) is 11.0. The molecule has 0 aliphatic carbocycles. The van der Waals surface area contributed by atoms with Crippen molar-refractivity contribution in [1.82, 2.24) is 5.32 Å². The minimum atomic E-state index is -1.17.